The van der Waals surface area contributed by atoms with E-state index in [1.54, 1.807) is 30.3 Å². The molecule has 1 N–H and O–H groups in total. The number of aromatic nitrogens is 3. The molecule has 3 aromatic heterocycles. The van der Waals surface area contributed by atoms with Crippen molar-refractivity contribution in [1.29, 1.82) is 0 Å². The molecule has 0 saturated heterocycles. The zero-order valence-electron chi connectivity index (χ0n) is 15.2. The van der Waals surface area contributed by atoms with E-state index in [4.69, 9.17) is 4.74 Å². The minimum absolute atomic E-state index is 0.157. The number of nitrogens with one attached hydrogen (secondary N) is 1. The predicted molar refractivity (Wildman–Crippen MR) is 112 cm³/mol. The summed E-state index contributed by atoms with van der Waals surface area (Å²) >= 11 is 2.85. The molecule has 0 radical (unpaired) electrons. The van der Waals surface area contributed by atoms with Gasteiger partial charge in [0.2, 0.25) is 4.96 Å². The summed E-state index contributed by atoms with van der Waals surface area (Å²) in [6.45, 7) is 0.157. The van der Waals surface area contributed by atoms with Crippen molar-refractivity contribution in [2.45, 2.75) is 25.4 Å². The standard InChI is InChI=1S/C20H16N4O3S2/c25-17-10-14(22-20-24(17)23-19(29-20)12-6-7-12)11-27-15-4-1-3-13(9-15)21-18(26)16-5-2-8-28-16/h1-5,8-10,12H,6-7,11H2,(H,21,26). The monoisotopic (exact) mass is 424 g/mol. The lowest BCUT2D eigenvalue weighted by Gasteiger charge is -2.08. The van der Waals surface area contributed by atoms with Crippen LogP contribution >= 0.6 is 22.7 Å². The van der Waals surface area contributed by atoms with Crippen molar-refractivity contribution in [3.05, 3.63) is 73.8 Å². The fraction of sp³-hybridized carbons (Fsp3) is 0.200. The van der Waals surface area contributed by atoms with E-state index >= 15 is 0 Å². The second kappa shape index (κ2) is 7.41. The summed E-state index contributed by atoms with van der Waals surface area (Å²) < 4.78 is 7.16. The minimum Gasteiger partial charge on any atom is -0.487 e. The number of anilines is 1. The Balaban J connectivity index is 1.29. The zero-order chi connectivity index (χ0) is 19.8. The second-order valence-electron chi connectivity index (χ2n) is 6.74. The smallest absolute Gasteiger partial charge is 0.275 e. The third-order valence-corrected chi connectivity index (χ3v) is 6.40. The number of carbonyl (C=O) groups excluding carboxylic acids is 1. The molecule has 1 fully saturated rings. The van der Waals surface area contributed by atoms with Gasteiger partial charge in [0.15, 0.2) is 0 Å². The molecule has 1 aromatic carbocycles. The van der Waals surface area contributed by atoms with Gasteiger partial charge in [0.25, 0.3) is 11.5 Å². The van der Waals surface area contributed by atoms with Gasteiger partial charge in [-0.25, -0.2) is 4.98 Å². The summed E-state index contributed by atoms with van der Waals surface area (Å²) in [7, 11) is 0. The van der Waals surface area contributed by atoms with E-state index in [9.17, 15) is 9.59 Å². The van der Waals surface area contributed by atoms with Crippen LogP contribution in [0.25, 0.3) is 4.96 Å². The van der Waals surface area contributed by atoms with E-state index in [0.29, 0.717) is 32.9 Å². The molecule has 5 rings (SSSR count). The first-order valence-electron chi connectivity index (χ1n) is 9.13. The molecule has 1 saturated carbocycles. The number of hydrogen-bond acceptors (Lipinski definition) is 7. The van der Waals surface area contributed by atoms with Gasteiger partial charge in [0.1, 0.15) is 17.4 Å². The molecular weight excluding hydrogens is 408 g/mol. The van der Waals surface area contributed by atoms with Gasteiger partial charge in [-0.1, -0.05) is 23.5 Å². The molecule has 0 bridgehead atoms. The number of fused-ring (bicyclic) bond motifs is 1. The summed E-state index contributed by atoms with van der Waals surface area (Å²) in [6, 6.07) is 12.2. The molecule has 1 aliphatic carbocycles. The van der Waals surface area contributed by atoms with Gasteiger partial charge >= 0.3 is 0 Å². The molecule has 9 heteroatoms. The second-order valence-corrected chi connectivity index (χ2v) is 8.68. The normalized spacial score (nSPS) is 13.5. The van der Waals surface area contributed by atoms with E-state index in [-0.39, 0.29) is 18.1 Å². The topological polar surface area (TPSA) is 85.6 Å². The third kappa shape index (κ3) is 3.92. The Labute approximate surface area is 173 Å². The molecule has 1 amide bonds. The van der Waals surface area contributed by atoms with Gasteiger partial charge in [-0.15, -0.1) is 11.3 Å². The van der Waals surface area contributed by atoms with Crippen molar-refractivity contribution < 1.29 is 9.53 Å². The number of amides is 1. The molecular formula is C20H16N4O3S2. The number of thiophene rings is 1. The molecule has 4 aromatic rings. The Morgan fingerprint density at radius 2 is 2.14 bits per heavy atom. The number of ether oxygens (including phenoxy) is 1. The fourth-order valence-electron chi connectivity index (χ4n) is 2.86. The van der Waals surface area contributed by atoms with Gasteiger partial charge in [-0.05, 0) is 36.4 Å². The average Bonchev–Trinajstić information content (AvgIpc) is 3.24. The highest BCUT2D eigenvalue weighted by Crippen LogP contribution is 2.41. The van der Waals surface area contributed by atoms with Crippen molar-refractivity contribution in [2.24, 2.45) is 0 Å². The van der Waals surface area contributed by atoms with Gasteiger partial charge < -0.3 is 10.1 Å². The van der Waals surface area contributed by atoms with Crippen molar-refractivity contribution in [3.8, 4) is 5.75 Å². The van der Waals surface area contributed by atoms with Crippen LogP contribution < -0.4 is 15.6 Å². The van der Waals surface area contributed by atoms with Crippen LogP contribution in [0.5, 0.6) is 5.75 Å². The molecule has 0 unspecified atom stereocenters. The van der Waals surface area contributed by atoms with E-state index in [1.807, 2.05) is 11.4 Å². The molecule has 29 heavy (non-hydrogen) atoms. The lowest BCUT2D eigenvalue weighted by atomic mass is 10.3. The Hall–Kier alpha value is -3.04. The largest absolute Gasteiger partial charge is 0.487 e. The zero-order valence-corrected chi connectivity index (χ0v) is 16.8. The molecule has 0 aliphatic heterocycles. The Morgan fingerprint density at radius 1 is 1.24 bits per heavy atom. The molecule has 1 aliphatic rings. The Morgan fingerprint density at radius 3 is 2.93 bits per heavy atom. The van der Waals surface area contributed by atoms with Crippen molar-refractivity contribution in [2.75, 3.05) is 5.32 Å². The lowest BCUT2D eigenvalue weighted by Crippen LogP contribution is -2.16. The van der Waals surface area contributed by atoms with Crippen molar-refractivity contribution in [1.82, 2.24) is 14.6 Å². The van der Waals surface area contributed by atoms with Crippen LogP contribution in [0.2, 0.25) is 0 Å². The Kier molecular flexibility index (Phi) is 4.61. The van der Waals surface area contributed by atoms with Gasteiger partial charge in [-0.3, -0.25) is 9.59 Å². The van der Waals surface area contributed by atoms with Crippen LogP contribution in [-0.4, -0.2) is 20.5 Å². The van der Waals surface area contributed by atoms with Crippen LogP contribution in [0.15, 0.2) is 52.6 Å². The number of benzene rings is 1. The van der Waals surface area contributed by atoms with E-state index < -0.39 is 0 Å². The SMILES string of the molecule is O=C(Nc1cccc(OCc2cc(=O)n3nc(C4CC4)sc3n2)c1)c1cccs1. The van der Waals surface area contributed by atoms with Gasteiger partial charge in [-0.2, -0.15) is 9.61 Å². The summed E-state index contributed by atoms with van der Waals surface area (Å²) in [5, 5.41) is 10.1. The van der Waals surface area contributed by atoms with E-state index in [1.165, 1.54) is 33.3 Å². The van der Waals surface area contributed by atoms with E-state index in [0.717, 1.165) is 17.8 Å². The number of rotatable bonds is 6. The van der Waals surface area contributed by atoms with Gasteiger partial charge in [0.05, 0.1) is 10.6 Å². The summed E-state index contributed by atoms with van der Waals surface area (Å²) in [4.78, 5) is 30.3. The van der Waals surface area contributed by atoms with Crippen LogP contribution in [-0.2, 0) is 6.61 Å². The van der Waals surface area contributed by atoms with Crippen molar-refractivity contribution in [3.63, 3.8) is 0 Å². The van der Waals surface area contributed by atoms with Gasteiger partial charge in [0, 0.05) is 23.7 Å². The highest BCUT2D eigenvalue weighted by molar-refractivity contribution is 7.16. The van der Waals surface area contributed by atoms with Crippen LogP contribution in [0.1, 0.15) is 39.1 Å². The predicted octanol–water partition coefficient (Wildman–Crippen LogP) is 3.92. The molecule has 0 spiro atoms. The van der Waals surface area contributed by atoms with E-state index in [2.05, 4.69) is 15.4 Å². The van der Waals surface area contributed by atoms with Crippen LogP contribution in [0.3, 0.4) is 0 Å². The highest BCUT2D eigenvalue weighted by atomic mass is 32.1. The average molecular weight is 425 g/mol. The highest BCUT2D eigenvalue weighted by Gasteiger charge is 2.28. The van der Waals surface area contributed by atoms with Crippen LogP contribution in [0.4, 0.5) is 5.69 Å². The first kappa shape index (κ1) is 18.0. The molecule has 7 nitrogen and oxygen atoms in total. The lowest BCUT2D eigenvalue weighted by molar-refractivity contribution is 0.103. The minimum atomic E-state index is -0.200. The third-order valence-electron chi connectivity index (χ3n) is 4.46. The summed E-state index contributed by atoms with van der Waals surface area (Å²) in [5.74, 6) is 0.904. The van der Waals surface area contributed by atoms with Crippen LogP contribution in [0, 0.1) is 0 Å². The first-order chi connectivity index (χ1) is 14.2. The number of hydrogen-bond donors (Lipinski definition) is 1. The summed E-state index contributed by atoms with van der Waals surface area (Å²) in [6.07, 6.45) is 2.26. The molecule has 0 atom stereocenters. The first-order valence-corrected chi connectivity index (χ1v) is 10.8. The molecule has 146 valence electrons. The fourth-order valence-corrected chi connectivity index (χ4v) is 4.57. The quantitative estimate of drug-likeness (QED) is 0.507. The number of nitrogens with zero attached hydrogens (tertiary/aromatic N) is 3. The maximum Gasteiger partial charge on any atom is 0.275 e. The summed E-state index contributed by atoms with van der Waals surface area (Å²) in [5.41, 5.74) is 0.989. The maximum atomic E-state index is 12.3. The molecule has 3 heterocycles. The number of carbonyl (C=O) groups is 1. The Bertz CT molecular complexity index is 1240. The maximum absolute atomic E-state index is 12.3. The van der Waals surface area contributed by atoms with Crippen molar-refractivity contribution >= 4 is 39.2 Å².